The fourth-order valence-corrected chi connectivity index (χ4v) is 3.55. The summed E-state index contributed by atoms with van der Waals surface area (Å²) in [5.41, 5.74) is 5.29. The summed E-state index contributed by atoms with van der Waals surface area (Å²) in [6.07, 6.45) is 0.420. The molecule has 1 aliphatic rings. The number of ether oxygens (including phenoxy) is 2. The number of benzene rings is 2. The molecular formula is C22H23F4N3O3. The van der Waals surface area contributed by atoms with Crippen LogP contribution in [-0.4, -0.2) is 43.7 Å². The van der Waals surface area contributed by atoms with Crippen LogP contribution in [0.4, 0.5) is 17.6 Å². The van der Waals surface area contributed by atoms with Gasteiger partial charge in [0.2, 0.25) is 0 Å². The molecule has 0 saturated heterocycles. The first-order chi connectivity index (χ1) is 15.2. The molecule has 0 aliphatic carbocycles. The molecule has 2 N–H and O–H groups in total. The quantitative estimate of drug-likeness (QED) is 0.463. The highest BCUT2D eigenvalue weighted by molar-refractivity contribution is 6.09. The lowest BCUT2D eigenvalue weighted by molar-refractivity contribution is -0.129. The smallest absolute Gasteiger partial charge is 0.387 e. The number of alkyl halides is 3. The molecule has 0 bridgehead atoms. The van der Waals surface area contributed by atoms with Gasteiger partial charge in [-0.05, 0) is 47.4 Å². The molecule has 0 spiro atoms. The number of hydrogen-bond acceptors (Lipinski definition) is 5. The molecule has 2 aromatic carbocycles. The van der Waals surface area contributed by atoms with Crippen LogP contribution in [0.2, 0.25) is 0 Å². The second-order valence-electron chi connectivity index (χ2n) is 7.14. The summed E-state index contributed by atoms with van der Waals surface area (Å²) in [6, 6.07) is 8.13. The second kappa shape index (κ2) is 9.46. The number of hydrogen-bond donors (Lipinski definition) is 1. The van der Waals surface area contributed by atoms with E-state index >= 15 is 0 Å². The zero-order valence-corrected chi connectivity index (χ0v) is 17.6. The molecule has 6 nitrogen and oxygen atoms in total. The maximum absolute atomic E-state index is 14.3. The lowest BCUT2D eigenvalue weighted by Crippen LogP contribution is -2.41. The zero-order valence-electron chi connectivity index (χ0n) is 17.6. The van der Waals surface area contributed by atoms with Crippen LogP contribution >= 0.6 is 0 Å². The normalized spacial score (nSPS) is 18.3. The predicted octanol–water partition coefficient (Wildman–Crippen LogP) is 3.76. The van der Waals surface area contributed by atoms with Gasteiger partial charge >= 0.3 is 6.61 Å². The number of aryl methyl sites for hydroxylation is 1. The Bertz CT molecular complexity index is 1030. The van der Waals surface area contributed by atoms with Crippen molar-refractivity contribution < 1.29 is 31.8 Å². The van der Waals surface area contributed by atoms with E-state index in [2.05, 4.69) is 9.73 Å². The van der Waals surface area contributed by atoms with Crippen LogP contribution in [0, 0.1) is 5.82 Å². The Labute approximate surface area is 182 Å². The van der Waals surface area contributed by atoms with Crippen molar-refractivity contribution >= 4 is 11.9 Å². The minimum atomic E-state index is -3.01. The van der Waals surface area contributed by atoms with Crippen molar-refractivity contribution in [3.8, 4) is 11.5 Å². The van der Waals surface area contributed by atoms with Gasteiger partial charge in [-0.15, -0.1) is 0 Å². The Morgan fingerprint density at radius 2 is 1.84 bits per heavy atom. The molecule has 10 heteroatoms. The van der Waals surface area contributed by atoms with E-state index in [-0.39, 0.29) is 36.0 Å². The summed E-state index contributed by atoms with van der Waals surface area (Å²) in [7, 11) is 1.44. The van der Waals surface area contributed by atoms with Crippen molar-refractivity contribution in [3.05, 3.63) is 58.9 Å². The topological polar surface area (TPSA) is 77.2 Å². The van der Waals surface area contributed by atoms with E-state index < -0.39 is 30.5 Å². The van der Waals surface area contributed by atoms with Gasteiger partial charge in [0.05, 0.1) is 13.3 Å². The Hall–Kier alpha value is -3.30. The third-order valence-corrected chi connectivity index (χ3v) is 5.20. The van der Waals surface area contributed by atoms with Crippen LogP contribution in [0.15, 0.2) is 41.4 Å². The minimum Gasteiger partial charge on any atom is -0.490 e. The molecule has 172 valence electrons. The van der Waals surface area contributed by atoms with E-state index in [0.717, 1.165) is 11.0 Å². The van der Waals surface area contributed by atoms with Gasteiger partial charge in [-0.2, -0.15) is 8.78 Å². The standard InChI is InChI=1S/C22H23F4N3O3/c1-3-13-11-14(6-8-17(13)32-20(25)26)22(19(30)29(2)21(27)28-22)15-5-7-16(24)18(12-15)31-10-4-9-23/h5-8,11-12,20H,3-4,9-10H2,1-2H3,(H2,27,28)/t22-/m1/s1. The van der Waals surface area contributed by atoms with Gasteiger partial charge in [0.15, 0.2) is 23.1 Å². The van der Waals surface area contributed by atoms with Crippen molar-refractivity contribution in [1.82, 2.24) is 4.90 Å². The Morgan fingerprint density at radius 3 is 2.44 bits per heavy atom. The number of carbonyl (C=O) groups is 1. The molecule has 0 radical (unpaired) electrons. The molecule has 0 aromatic heterocycles. The van der Waals surface area contributed by atoms with E-state index in [9.17, 15) is 22.4 Å². The van der Waals surface area contributed by atoms with Gasteiger partial charge in [-0.1, -0.05) is 19.1 Å². The highest BCUT2D eigenvalue weighted by atomic mass is 19.3. The van der Waals surface area contributed by atoms with E-state index in [1.54, 1.807) is 13.0 Å². The van der Waals surface area contributed by atoms with E-state index in [0.29, 0.717) is 17.5 Å². The first-order valence-corrected chi connectivity index (χ1v) is 9.95. The summed E-state index contributed by atoms with van der Waals surface area (Å²) in [5.74, 6) is -1.45. The van der Waals surface area contributed by atoms with Crippen LogP contribution in [-0.2, 0) is 16.8 Å². The molecule has 3 rings (SSSR count). The largest absolute Gasteiger partial charge is 0.490 e. The number of carbonyl (C=O) groups excluding carboxylic acids is 1. The second-order valence-corrected chi connectivity index (χ2v) is 7.14. The van der Waals surface area contributed by atoms with Gasteiger partial charge in [0.1, 0.15) is 5.75 Å². The number of nitrogens with zero attached hydrogens (tertiary/aromatic N) is 2. The number of amides is 1. The van der Waals surface area contributed by atoms with Crippen molar-refractivity contribution in [2.45, 2.75) is 31.9 Å². The van der Waals surface area contributed by atoms with Gasteiger partial charge in [-0.3, -0.25) is 14.1 Å². The van der Waals surface area contributed by atoms with Crippen LogP contribution in [0.5, 0.6) is 11.5 Å². The summed E-state index contributed by atoms with van der Waals surface area (Å²) >= 11 is 0. The predicted molar refractivity (Wildman–Crippen MR) is 110 cm³/mol. The molecule has 0 unspecified atom stereocenters. The fraction of sp³-hybridized carbons (Fsp3) is 0.364. The number of aliphatic imine (C=N–C) groups is 1. The molecule has 1 aliphatic heterocycles. The summed E-state index contributed by atoms with van der Waals surface area (Å²) in [4.78, 5) is 18.9. The number of rotatable bonds is 9. The molecule has 0 fully saturated rings. The van der Waals surface area contributed by atoms with E-state index in [1.807, 2.05) is 0 Å². The molecule has 1 atom stereocenters. The maximum Gasteiger partial charge on any atom is 0.387 e. The average Bonchev–Trinajstić information content (AvgIpc) is 3.00. The summed E-state index contributed by atoms with van der Waals surface area (Å²) in [5, 5.41) is 0. The first-order valence-electron chi connectivity index (χ1n) is 9.95. The third-order valence-electron chi connectivity index (χ3n) is 5.20. The molecular weight excluding hydrogens is 430 g/mol. The Kier molecular flexibility index (Phi) is 6.90. The van der Waals surface area contributed by atoms with Gasteiger partial charge < -0.3 is 15.2 Å². The Morgan fingerprint density at radius 1 is 1.16 bits per heavy atom. The molecule has 2 aromatic rings. The Balaban J connectivity index is 2.17. The lowest BCUT2D eigenvalue weighted by Gasteiger charge is -2.27. The van der Waals surface area contributed by atoms with Gasteiger partial charge in [0, 0.05) is 13.5 Å². The molecule has 32 heavy (non-hydrogen) atoms. The average molecular weight is 453 g/mol. The number of nitrogens with two attached hydrogens (primary N) is 1. The van der Waals surface area contributed by atoms with Crippen LogP contribution in [0.25, 0.3) is 0 Å². The molecule has 1 amide bonds. The molecule has 0 saturated carbocycles. The van der Waals surface area contributed by atoms with Crippen molar-refractivity contribution in [2.24, 2.45) is 10.7 Å². The van der Waals surface area contributed by atoms with Crippen LogP contribution in [0.1, 0.15) is 30.0 Å². The SMILES string of the molecule is CCc1cc([C@]2(c3ccc(F)c(OCCCF)c3)N=C(N)N(C)C2=O)ccc1OC(F)F. The minimum absolute atomic E-state index is 0.0218. The van der Waals surface area contributed by atoms with Crippen molar-refractivity contribution in [2.75, 3.05) is 20.3 Å². The van der Waals surface area contributed by atoms with Gasteiger partial charge in [0.25, 0.3) is 5.91 Å². The van der Waals surface area contributed by atoms with Crippen molar-refractivity contribution in [1.29, 1.82) is 0 Å². The first kappa shape index (κ1) is 23.4. The highest BCUT2D eigenvalue weighted by Crippen LogP contribution is 2.42. The summed E-state index contributed by atoms with van der Waals surface area (Å²) < 4.78 is 62.1. The monoisotopic (exact) mass is 453 g/mol. The zero-order chi connectivity index (χ0) is 23.5. The number of likely N-dealkylation sites (N-methyl/N-ethyl adjacent to an activating group) is 1. The number of guanidine groups is 1. The van der Waals surface area contributed by atoms with E-state index in [1.165, 1.54) is 31.3 Å². The lowest BCUT2D eigenvalue weighted by atomic mass is 9.81. The van der Waals surface area contributed by atoms with Crippen molar-refractivity contribution in [3.63, 3.8) is 0 Å². The maximum atomic E-state index is 14.3. The summed E-state index contributed by atoms with van der Waals surface area (Å²) in [6.45, 7) is -1.93. The van der Waals surface area contributed by atoms with Crippen LogP contribution in [0.3, 0.4) is 0 Å². The number of halogens is 4. The third kappa shape index (κ3) is 4.21. The fourth-order valence-electron chi connectivity index (χ4n) is 3.55. The van der Waals surface area contributed by atoms with E-state index in [4.69, 9.17) is 10.5 Å². The highest BCUT2D eigenvalue weighted by Gasteiger charge is 2.50. The van der Waals surface area contributed by atoms with Crippen LogP contribution < -0.4 is 15.2 Å². The molecule has 1 heterocycles. The van der Waals surface area contributed by atoms with Gasteiger partial charge in [-0.25, -0.2) is 9.38 Å².